The third-order valence-corrected chi connectivity index (χ3v) is 4.35. The lowest BCUT2D eigenvalue weighted by Crippen LogP contribution is -2.60. The Bertz CT molecular complexity index is 708. The molecule has 134 valence electrons. The van der Waals surface area contributed by atoms with Gasteiger partial charge in [0.25, 0.3) is 11.8 Å². The molecule has 1 fully saturated rings. The van der Waals surface area contributed by atoms with Crippen molar-refractivity contribution in [2.75, 3.05) is 13.1 Å². The third-order valence-electron chi connectivity index (χ3n) is 4.35. The van der Waals surface area contributed by atoms with Crippen molar-refractivity contribution in [3.63, 3.8) is 0 Å². The van der Waals surface area contributed by atoms with E-state index in [0.717, 1.165) is 5.56 Å². The Labute approximate surface area is 146 Å². The molecule has 0 bridgehead atoms. The molecule has 1 atom stereocenters. The largest absolute Gasteiger partial charge is 0.380 e. The van der Waals surface area contributed by atoms with Gasteiger partial charge in [-0.05, 0) is 32.3 Å². The van der Waals surface area contributed by atoms with E-state index in [4.69, 9.17) is 9.26 Å². The van der Waals surface area contributed by atoms with Gasteiger partial charge in [0.05, 0.1) is 6.10 Å². The summed E-state index contributed by atoms with van der Waals surface area (Å²) in [6, 6.07) is 9.84. The van der Waals surface area contributed by atoms with E-state index < -0.39 is 5.60 Å². The van der Waals surface area contributed by atoms with Crippen molar-refractivity contribution in [2.45, 2.75) is 45.0 Å². The zero-order valence-electron chi connectivity index (χ0n) is 14.5. The Morgan fingerprint density at radius 1 is 1.40 bits per heavy atom. The van der Waals surface area contributed by atoms with Crippen molar-refractivity contribution in [1.29, 1.82) is 0 Å². The Hall–Kier alpha value is -2.25. The molecule has 3 rings (SSSR count). The van der Waals surface area contributed by atoms with Crippen LogP contribution in [-0.4, -0.2) is 50.8 Å². The van der Waals surface area contributed by atoms with Crippen molar-refractivity contribution in [3.05, 3.63) is 47.6 Å². The molecule has 1 aliphatic heterocycles. The van der Waals surface area contributed by atoms with Gasteiger partial charge in [0.2, 0.25) is 0 Å². The zero-order chi connectivity index (χ0) is 17.9. The molecule has 7 nitrogen and oxygen atoms in total. The first-order valence-corrected chi connectivity index (χ1v) is 8.40. The average molecular weight is 345 g/mol. The number of nitrogens with zero attached hydrogens (tertiary/aromatic N) is 3. The van der Waals surface area contributed by atoms with Gasteiger partial charge in [-0.1, -0.05) is 35.5 Å². The zero-order valence-corrected chi connectivity index (χ0v) is 14.5. The van der Waals surface area contributed by atoms with E-state index in [0.29, 0.717) is 37.6 Å². The van der Waals surface area contributed by atoms with Crippen LogP contribution in [0.25, 0.3) is 0 Å². The number of ether oxygens (including phenoxy) is 1. The number of carbonyl (C=O) groups excluding carboxylic acids is 1. The van der Waals surface area contributed by atoms with E-state index in [9.17, 15) is 9.90 Å². The average Bonchev–Trinajstić information content (AvgIpc) is 2.98. The van der Waals surface area contributed by atoms with Crippen LogP contribution in [0.5, 0.6) is 0 Å². The number of aliphatic hydroxyl groups is 1. The maximum atomic E-state index is 12.5. The summed E-state index contributed by atoms with van der Waals surface area (Å²) < 4.78 is 10.6. The van der Waals surface area contributed by atoms with Crippen LogP contribution in [0.15, 0.2) is 34.9 Å². The van der Waals surface area contributed by atoms with Crippen LogP contribution in [-0.2, 0) is 22.6 Å². The Kier molecular flexibility index (Phi) is 5.15. The Balaban J connectivity index is 1.42. The van der Waals surface area contributed by atoms with Gasteiger partial charge in [-0.15, -0.1) is 0 Å². The monoisotopic (exact) mass is 345 g/mol. The Morgan fingerprint density at radius 2 is 2.12 bits per heavy atom. The highest BCUT2D eigenvalue weighted by Gasteiger charge is 2.40. The van der Waals surface area contributed by atoms with Crippen LogP contribution in [0.1, 0.15) is 30.6 Å². The minimum absolute atomic E-state index is 0.0684. The number of hydrogen-bond donors (Lipinski definition) is 1. The van der Waals surface area contributed by atoms with Crippen molar-refractivity contribution in [3.8, 4) is 0 Å². The van der Waals surface area contributed by atoms with E-state index >= 15 is 0 Å². The van der Waals surface area contributed by atoms with Gasteiger partial charge in [-0.3, -0.25) is 4.79 Å². The molecule has 2 heterocycles. The SMILES string of the molecule is Cc1noc(COC2CN(C(=O)C(C)(O)CCc3ccccc3)C2)n1. The summed E-state index contributed by atoms with van der Waals surface area (Å²) in [7, 11) is 0. The second-order valence-electron chi connectivity index (χ2n) is 6.64. The number of rotatable bonds is 7. The van der Waals surface area contributed by atoms with Crippen molar-refractivity contribution in [2.24, 2.45) is 0 Å². The normalized spacial score (nSPS) is 17.2. The molecule has 0 aliphatic carbocycles. The molecule has 1 unspecified atom stereocenters. The minimum Gasteiger partial charge on any atom is -0.380 e. The molecule has 1 N–H and O–H groups in total. The topological polar surface area (TPSA) is 88.7 Å². The number of likely N-dealkylation sites (tertiary alicyclic amines) is 1. The second kappa shape index (κ2) is 7.33. The quantitative estimate of drug-likeness (QED) is 0.818. The van der Waals surface area contributed by atoms with E-state index in [-0.39, 0.29) is 18.6 Å². The second-order valence-corrected chi connectivity index (χ2v) is 6.64. The Morgan fingerprint density at radius 3 is 2.76 bits per heavy atom. The third kappa shape index (κ3) is 4.43. The number of amides is 1. The molecule has 0 saturated carbocycles. The maximum absolute atomic E-state index is 12.5. The molecule has 1 amide bonds. The van der Waals surface area contributed by atoms with Gasteiger partial charge in [0, 0.05) is 13.1 Å². The lowest BCUT2D eigenvalue weighted by Gasteiger charge is -2.42. The molecular weight excluding hydrogens is 322 g/mol. The van der Waals surface area contributed by atoms with Gasteiger partial charge >= 0.3 is 0 Å². The van der Waals surface area contributed by atoms with Gasteiger partial charge in [0.1, 0.15) is 12.2 Å². The first-order chi connectivity index (χ1) is 11.9. The summed E-state index contributed by atoms with van der Waals surface area (Å²) in [5.74, 6) is 0.743. The minimum atomic E-state index is -1.37. The van der Waals surface area contributed by atoms with Crippen molar-refractivity contribution >= 4 is 5.91 Å². The smallest absolute Gasteiger partial charge is 0.254 e. The van der Waals surface area contributed by atoms with Crippen LogP contribution in [0.2, 0.25) is 0 Å². The highest BCUT2D eigenvalue weighted by molar-refractivity contribution is 5.85. The van der Waals surface area contributed by atoms with Crippen LogP contribution in [0.3, 0.4) is 0 Å². The molecular formula is C18H23N3O4. The van der Waals surface area contributed by atoms with Gasteiger partial charge in [-0.2, -0.15) is 4.98 Å². The summed E-state index contributed by atoms with van der Waals surface area (Å²) in [5.41, 5.74) is -0.264. The molecule has 1 aromatic heterocycles. The van der Waals surface area contributed by atoms with Crippen LogP contribution in [0.4, 0.5) is 0 Å². The van der Waals surface area contributed by atoms with E-state index in [1.54, 1.807) is 18.7 Å². The molecule has 7 heteroatoms. The number of hydrogen-bond acceptors (Lipinski definition) is 6. The van der Waals surface area contributed by atoms with Crippen molar-refractivity contribution in [1.82, 2.24) is 15.0 Å². The predicted octanol–water partition coefficient (Wildman–Crippen LogP) is 1.49. The molecule has 1 aliphatic rings. The molecule has 2 aromatic rings. The summed E-state index contributed by atoms with van der Waals surface area (Å²) in [6.45, 7) is 4.49. The van der Waals surface area contributed by atoms with Crippen LogP contribution < -0.4 is 0 Å². The van der Waals surface area contributed by atoms with Crippen LogP contribution in [0, 0.1) is 6.92 Å². The number of benzene rings is 1. The van der Waals surface area contributed by atoms with Crippen LogP contribution >= 0.6 is 0 Å². The first-order valence-electron chi connectivity index (χ1n) is 8.40. The number of aromatic nitrogens is 2. The molecule has 0 spiro atoms. The summed E-state index contributed by atoms with van der Waals surface area (Å²) >= 11 is 0. The first kappa shape index (κ1) is 17.6. The molecule has 1 saturated heterocycles. The highest BCUT2D eigenvalue weighted by atomic mass is 16.5. The van der Waals surface area contributed by atoms with E-state index in [1.807, 2.05) is 30.3 Å². The van der Waals surface area contributed by atoms with E-state index in [2.05, 4.69) is 10.1 Å². The lowest BCUT2D eigenvalue weighted by molar-refractivity contribution is -0.164. The number of aryl methyl sites for hydroxylation is 2. The standard InChI is InChI=1S/C18H23N3O4/c1-13-19-16(25-20-13)12-24-15-10-21(11-15)17(22)18(2,23)9-8-14-6-4-3-5-7-14/h3-7,15,23H,8-12H2,1-2H3. The lowest BCUT2D eigenvalue weighted by atomic mass is 9.94. The van der Waals surface area contributed by atoms with Gasteiger partial charge < -0.3 is 19.3 Å². The van der Waals surface area contributed by atoms with E-state index in [1.165, 1.54) is 0 Å². The molecule has 25 heavy (non-hydrogen) atoms. The summed E-state index contributed by atoms with van der Waals surface area (Å²) in [4.78, 5) is 18.2. The summed E-state index contributed by atoms with van der Waals surface area (Å²) in [6.07, 6.45) is 0.976. The highest BCUT2D eigenvalue weighted by Crippen LogP contribution is 2.22. The molecule has 0 radical (unpaired) electrons. The predicted molar refractivity (Wildman–Crippen MR) is 89.6 cm³/mol. The van der Waals surface area contributed by atoms with Gasteiger partial charge in [0.15, 0.2) is 5.82 Å². The molecule has 1 aromatic carbocycles. The summed E-state index contributed by atoms with van der Waals surface area (Å²) in [5, 5.41) is 14.2. The number of carbonyl (C=O) groups is 1. The fourth-order valence-electron chi connectivity index (χ4n) is 2.78. The fraction of sp³-hybridized carbons (Fsp3) is 0.500. The fourth-order valence-corrected chi connectivity index (χ4v) is 2.78. The van der Waals surface area contributed by atoms with Gasteiger partial charge in [-0.25, -0.2) is 0 Å². The maximum Gasteiger partial charge on any atom is 0.254 e. The van der Waals surface area contributed by atoms with Crippen molar-refractivity contribution < 1.29 is 19.2 Å².